The summed E-state index contributed by atoms with van der Waals surface area (Å²) in [6.45, 7) is 6.45. The molecule has 30 heavy (non-hydrogen) atoms. The molecule has 8 heteroatoms. The molecule has 0 aliphatic rings. The molecule has 0 unspecified atom stereocenters. The van der Waals surface area contributed by atoms with Crippen LogP contribution in [0.15, 0.2) is 46.0 Å². The molecule has 3 aromatic rings. The van der Waals surface area contributed by atoms with E-state index in [4.69, 9.17) is 4.74 Å². The van der Waals surface area contributed by atoms with E-state index in [-0.39, 0.29) is 11.7 Å². The minimum Gasteiger partial charge on any atom is -0.486 e. The highest BCUT2D eigenvalue weighted by Gasteiger charge is 2.13. The predicted octanol–water partition coefficient (Wildman–Crippen LogP) is 5.07. The van der Waals surface area contributed by atoms with Crippen LogP contribution in [0.1, 0.15) is 29.4 Å². The fraction of sp³-hybridized carbons (Fsp3) is 0.318. The molecule has 0 radical (unpaired) electrons. The number of rotatable bonds is 8. The highest BCUT2D eigenvalue weighted by atomic mass is 79.9. The molecule has 3 rings (SSSR count). The fourth-order valence-electron chi connectivity index (χ4n) is 2.81. The smallest absolute Gasteiger partial charge is 0.234 e. The van der Waals surface area contributed by atoms with Gasteiger partial charge in [-0.05, 0) is 61.2 Å². The monoisotopic (exact) mass is 488 g/mol. The molecule has 0 saturated heterocycles. The molecular weight excluding hydrogens is 464 g/mol. The number of carbonyl (C=O) groups excluding carboxylic acids is 1. The SMILES string of the molecule is CCc1ccc(OCc2nnc(SCC(=O)Nc3ccc(Br)c(C)c3C)n2C)cc1. The molecule has 0 saturated carbocycles. The first-order valence-electron chi connectivity index (χ1n) is 9.67. The second kappa shape index (κ2) is 10.1. The number of aryl methyl sites for hydroxylation is 1. The Kier molecular flexibility index (Phi) is 7.55. The summed E-state index contributed by atoms with van der Waals surface area (Å²) in [4.78, 5) is 12.4. The zero-order valence-corrected chi connectivity index (χ0v) is 19.9. The van der Waals surface area contributed by atoms with E-state index in [0.29, 0.717) is 17.6 Å². The van der Waals surface area contributed by atoms with Crippen molar-refractivity contribution in [3.63, 3.8) is 0 Å². The second-order valence-electron chi connectivity index (χ2n) is 6.93. The van der Waals surface area contributed by atoms with Gasteiger partial charge < -0.3 is 14.6 Å². The van der Waals surface area contributed by atoms with E-state index in [1.54, 1.807) is 0 Å². The standard InChI is InChI=1S/C22H25BrN4O2S/c1-5-16-6-8-17(9-7-16)29-12-20-25-26-22(27(20)4)30-13-21(28)24-19-11-10-18(23)14(2)15(19)3/h6-11H,5,12-13H2,1-4H3,(H,24,28). The van der Waals surface area contributed by atoms with Crippen LogP contribution in [-0.2, 0) is 24.9 Å². The topological polar surface area (TPSA) is 69.0 Å². The molecule has 0 atom stereocenters. The van der Waals surface area contributed by atoms with E-state index in [9.17, 15) is 4.79 Å². The van der Waals surface area contributed by atoms with Gasteiger partial charge in [0.2, 0.25) is 5.91 Å². The lowest BCUT2D eigenvalue weighted by Gasteiger charge is -2.11. The van der Waals surface area contributed by atoms with Crippen molar-refractivity contribution in [1.29, 1.82) is 0 Å². The predicted molar refractivity (Wildman–Crippen MR) is 124 cm³/mol. The number of nitrogens with one attached hydrogen (secondary N) is 1. The van der Waals surface area contributed by atoms with Crippen LogP contribution >= 0.6 is 27.7 Å². The van der Waals surface area contributed by atoms with Crippen molar-refractivity contribution in [2.75, 3.05) is 11.1 Å². The highest BCUT2D eigenvalue weighted by molar-refractivity contribution is 9.10. The van der Waals surface area contributed by atoms with E-state index < -0.39 is 0 Å². The van der Waals surface area contributed by atoms with Gasteiger partial charge in [0.25, 0.3) is 0 Å². The molecule has 0 aliphatic carbocycles. The third-order valence-electron chi connectivity index (χ3n) is 4.95. The van der Waals surface area contributed by atoms with Crippen molar-refractivity contribution >= 4 is 39.3 Å². The number of benzene rings is 2. The van der Waals surface area contributed by atoms with Crippen molar-refractivity contribution in [2.45, 2.75) is 39.0 Å². The number of amides is 1. The van der Waals surface area contributed by atoms with Crippen molar-refractivity contribution in [3.8, 4) is 5.75 Å². The molecule has 1 aromatic heterocycles. The molecule has 0 aliphatic heterocycles. The third kappa shape index (κ3) is 5.43. The summed E-state index contributed by atoms with van der Waals surface area (Å²) in [5, 5.41) is 12.0. The van der Waals surface area contributed by atoms with Gasteiger partial charge in [0, 0.05) is 17.2 Å². The normalized spacial score (nSPS) is 10.8. The van der Waals surface area contributed by atoms with E-state index in [0.717, 1.165) is 33.5 Å². The maximum absolute atomic E-state index is 12.4. The average molecular weight is 489 g/mol. The van der Waals surface area contributed by atoms with Crippen LogP contribution in [0, 0.1) is 13.8 Å². The summed E-state index contributed by atoms with van der Waals surface area (Å²) in [5.41, 5.74) is 4.25. The van der Waals surface area contributed by atoms with Crippen molar-refractivity contribution in [1.82, 2.24) is 14.8 Å². The van der Waals surface area contributed by atoms with Gasteiger partial charge in [0.05, 0.1) is 5.75 Å². The number of aromatic nitrogens is 3. The van der Waals surface area contributed by atoms with E-state index in [2.05, 4.69) is 50.5 Å². The first-order valence-corrected chi connectivity index (χ1v) is 11.4. The largest absolute Gasteiger partial charge is 0.486 e. The highest BCUT2D eigenvalue weighted by Crippen LogP contribution is 2.26. The fourth-order valence-corrected chi connectivity index (χ4v) is 3.96. The van der Waals surface area contributed by atoms with Gasteiger partial charge >= 0.3 is 0 Å². The third-order valence-corrected chi connectivity index (χ3v) is 6.83. The number of hydrogen-bond acceptors (Lipinski definition) is 5. The minimum atomic E-state index is -0.0818. The van der Waals surface area contributed by atoms with Gasteiger partial charge in [-0.25, -0.2) is 0 Å². The Morgan fingerprint density at radius 2 is 1.87 bits per heavy atom. The van der Waals surface area contributed by atoms with Gasteiger partial charge in [-0.1, -0.05) is 46.7 Å². The second-order valence-corrected chi connectivity index (χ2v) is 8.72. The maximum Gasteiger partial charge on any atom is 0.234 e. The quantitative estimate of drug-likeness (QED) is 0.448. The number of hydrogen-bond donors (Lipinski definition) is 1. The first kappa shape index (κ1) is 22.4. The van der Waals surface area contributed by atoms with Crippen molar-refractivity contribution in [3.05, 3.63) is 63.4 Å². The van der Waals surface area contributed by atoms with E-state index >= 15 is 0 Å². The average Bonchev–Trinajstić information content (AvgIpc) is 3.11. The summed E-state index contributed by atoms with van der Waals surface area (Å²) in [7, 11) is 1.88. The van der Waals surface area contributed by atoms with E-state index in [1.165, 1.54) is 17.3 Å². The number of carbonyl (C=O) groups is 1. The number of nitrogens with zero attached hydrogens (tertiary/aromatic N) is 3. The summed E-state index contributed by atoms with van der Waals surface area (Å²) in [6.07, 6.45) is 0.999. The van der Waals surface area contributed by atoms with Crippen LogP contribution in [-0.4, -0.2) is 26.4 Å². The van der Waals surface area contributed by atoms with Crippen LogP contribution < -0.4 is 10.1 Å². The van der Waals surface area contributed by atoms with Crippen LogP contribution in [0.2, 0.25) is 0 Å². The lowest BCUT2D eigenvalue weighted by Crippen LogP contribution is -2.15. The molecule has 0 spiro atoms. The zero-order chi connectivity index (χ0) is 21.7. The molecule has 6 nitrogen and oxygen atoms in total. The molecule has 158 valence electrons. The maximum atomic E-state index is 12.4. The minimum absolute atomic E-state index is 0.0818. The Morgan fingerprint density at radius 3 is 2.57 bits per heavy atom. The van der Waals surface area contributed by atoms with E-state index in [1.807, 2.05) is 49.7 Å². The zero-order valence-electron chi connectivity index (χ0n) is 17.5. The lowest BCUT2D eigenvalue weighted by molar-refractivity contribution is -0.113. The summed E-state index contributed by atoms with van der Waals surface area (Å²) >= 11 is 4.85. The van der Waals surface area contributed by atoms with Crippen molar-refractivity contribution < 1.29 is 9.53 Å². The molecule has 1 heterocycles. The van der Waals surface area contributed by atoms with Gasteiger partial charge in [-0.3, -0.25) is 4.79 Å². The molecule has 0 fully saturated rings. The Balaban J connectivity index is 1.54. The summed E-state index contributed by atoms with van der Waals surface area (Å²) in [5.74, 6) is 1.67. The first-order chi connectivity index (χ1) is 14.4. The van der Waals surface area contributed by atoms with Crippen molar-refractivity contribution in [2.24, 2.45) is 7.05 Å². The number of halogens is 1. The number of thioether (sulfide) groups is 1. The van der Waals surface area contributed by atoms with Crippen LogP contribution in [0.25, 0.3) is 0 Å². The van der Waals surface area contributed by atoms with Crippen LogP contribution in [0.3, 0.4) is 0 Å². The van der Waals surface area contributed by atoms with Gasteiger partial charge in [0.15, 0.2) is 11.0 Å². The van der Waals surface area contributed by atoms with Gasteiger partial charge in [-0.2, -0.15) is 0 Å². The Morgan fingerprint density at radius 1 is 1.13 bits per heavy atom. The lowest BCUT2D eigenvalue weighted by atomic mass is 10.1. The molecule has 1 amide bonds. The van der Waals surface area contributed by atoms with Gasteiger partial charge in [0.1, 0.15) is 12.4 Å². The number of anilines is 1. The Bertz CT molecular complexity index is 1030. The summed E-state index contributed by atoms with van der Waals surface area (Å²) in [6, 6.07) is 11.9. The molecule has 1 N–H and O–H groups in total. The Hall–Kier alpha value is -2.32. The van der Waals surface area contributed by atoms with Crippen LogP contribution in [0.4, 0.5) is 5.69 Å². The molecule has 2 aromatic carbocycles. The summed E-state index contributed by atoms with van der Waals surface area (Å²) < 4.78 is 8.69. The molecular formula is C22H25BrN4O2S. The van der Waals surface area contributed by atoms with Crippen LogP contribution in [0.5, 0.6) is 5.75 Å². The Labute approximate surface area is 189 Å². The van der Waals surface area contributed by atoms with Gasteiger partial charge in [-0.15, -0.1) is 10.2 Å². The number of ether oxygens (including phenoxy) is 1. The molecule has 0 bridgehead atoms.